The van der Waals surface area contributed by atoms with Crippen LogP contribution in [0.15, 0.2) is 49.0 Å². The van der Waals surface area contributed by atoms with Gasteiger partial charge in [0.05, 0.1) is 0 Å². The van der Waals surface area contributed by atoms with E-state index in [4.69, 9.17) is 0 Å². The van der Waals surface area contributed by atoms with E-state index in [0.717, 1.165) is 5.56 Å². The maximum atomic E-state index is 12.0. The zero-order valence-electron chi connectivity index (χ0n) is 10.1. The van der Waals surface area contributed by atoms with Gasteiger partial charge < -0.3 is 15.5 Å². The Morgan fingerprint density at radius 1 is 1.05 bits per heavy atom. The van der Waals surface area contributed by atoms with E-state index < -0.39 is 5.91 Å². The van der Waals surface area contributed by atoms with Crippen LogP contribution in [-0.2, 0) is 0 Å². The Kier molecular flexibility index (Phi) is 3.52. The molecule has 0 aliphatic rings. The van der Waals surface area contributed by atoms with Gasteiger partial charge in [0.1, 0.15) is 17.2 Å². The van der Waals surface area contributed by atoms with E-state index in [1.807, 2.05) is 0 Å². The first-order valence-corrected chi connectivity index (χ1v) is 5.66. The summed E-state index contributed by atoms with van der Waals surface area (Å²) in [5.41, 5.74) is 1.33. The number of nitrogens with one attached hydrogen (secondary N) is 1. The van der Waals surface area contributed by atoms with E-state index in [9.17, 15) is 15.0 Å². The summed E-state index contributed by atoms with van der Waals surface area (Å²) < 4.78 is 0. The Balaban J connectivity index is 2.23. The van der Waals surface area contributed by atoms with E-state index in [1.165, 1.54) is 18.2 Å². The molecule has 0 saturated heterocycles. The zero-order chi connectivity index (χ0) is 13.8. The molecule has 0 radical (unpaired) electrons. The van der Waals surface area contributed by atoms with Crippen molar-refractivity contribution in [3.63, 3.8) is 0 Å². The predicted molar refractivity (Wildman–Crippen MR) is 74.3 cm³/mol. The fourth-order valence-electron chi connectivity index (χ4n) is 1.61. The second-order valence-electron chi connectivity index (χ2n) is 3.95. The number of hydrogen-bond acceptors (Lipinski definition) is 3. The predicted octanol–water partition coefficient (Wildman–Crippen LogP) is 2.99. The molecule has 2 aromatic carbocycles. The number of carbonyl (C=O) groups excluding carboxylic acids is 1. The maximum Gasteiger partial charge on any atom is 0.255 e. The lowest BCUT2D eigenvalue weighted by Crippen LogP contribution is -2.12. The van der Waals surface area contributed by atoms with Gasteiger partial charge in [-0.25, -0.2) is 0 Å². The van der Waals surface area contributed by atoms with E-state index in [1.54, 1.807) is 30.3 Å². The summed E-state index contributed by atoms with van der Waals surface area (Å²) in [6, 6.07) is 11.1. The van der Waals surface area contributed by atoms with Gasteiger partial charge in [0, 0.05) is 5.56 Å². The summed E-state index contributed by atoms with van der Waals surface area (Å²) in [6.45, 7) is 3.63. The molecule has 96 valence electrons. The highest BCUT2D eigenvalue weighted by Gasteiger charge is 2.12. The molecule has 1 amide bonds. The van der Waals surface area contributed by atoms with E-state index in [2.05, 4.69) is 11.9 Å². The SMILES string of the molecule is C=Cc1ccc(C(=O)Nc2c(O)cccc2O)cc1. The third-order valence-corrected chi connectivity index (χ3v) is 2.67. The number of carbonyl (C=O) groups is 1. The lowest BCUT2D eigenvalue weighted by Gasteiger charge is -2.09. The first-order valence-electron chi connectivity index (χ1n) is 5.66. The first kappa shape index (κ1) is 12.7. The Hall–Kier alpha value is -2.75. The van der Waals surface area contributed by atoms with Gasteiger partial charge in [0.15, 0.2) is 0 Å². The molecule has 0 fully saturated rings. The van der Waals surface area contributed by atoms with E-state index in [-0.39, 0.29) is 17.2 Å². The second kappa shape index (κ2) is 5.27. The van der Waals surface area contributed by atoms with Gasteiger partial charge in [-0.3, -0.25) is 4.79 Å². The Labute approximate surface area is 110 Å². The highest BCUT2D eigenvalue weighted by Crippen LogP contribution is 2.32. The standard InChI is InChI=1S/C15H13NO3/c1-2-10-6-8-11(9-7-10)15(19)16-14-12(17)4-3-5-13(14)18/h2-9,17-18H,1H2,(H,16,19). The minimum absolute atomic E-state index is 0.000275. The molecule has 0 atom stereocenters. The molecule has 0 heterocycles. The number of amides is 1. The molecular weight excluding hydrogens is 242 g/mol. The molecule has 0 bridgehead atoms. The molecule has 0 spiro atoms. The summed E-state index contributed by atoms with van der Waals surface area (Å²) in [7, 11) is 0. The second-order valence-corrected chi connectivity index (χ2v) is 3.95. The van der Waals surface area contributed by atoms with Gasteiger partial charge in [-0.05, 0) is 29.8 Å². The van der Waals surface area contributed by atoms with Crippen molar-refractivity contribution < 1.29 is 15.0 Å². The quantitative estimate of drug-likeness (QED) is 0.738. The molecule has 0 aliphatic heterocycles. The zero-order valence-corrected chi connectivity index (χ0v) is 10.1. The van der Waals surface area contributed by atoms with Gasteiger partial charge in [-0.2, -0.15) is 0 Å². The van der Waals surface area contributed by atoms with Crippen LogP contribution in [0.5, 0.6) is 11.5 Å². The summed E-state index contributed by atoms with van der Waals surface area (Å²) in [6.07, 6.45) is 1.68. The molecule has 0 saturated carbocycles. The van der Waals surface area contributed by atoms with E-state index >= 15 is 0 Å². The first-order chi connectivity index (χ1) is 9.11. The van der Waals surface area contributed by atoms with Crippen LogP contribution < -0.4 is 5.32 Å². The minimum Gasteiger partial charge on any atom is -0.506 e. The molecule has 0 aliphatic carbocycles. The summed E-state index contributed by atoms with van der Waals surface area (Å²) in [5, 5.41) is 21.6. The summed E-state index contributed by atoms with van der Waals surface area (Å²) >= 11 is 0. The number of phenols is 2. The van der Waals surface area contributed by atoms with Gasteiger partial charge in [0.25, 0.3) is 5.91 Å². The number of hydrogen-bond donors (Lipinski definition) is 3. The average molecular weight is 255 g/mol. The van der Waals surface area contributed by atoms with Crippen molar-refractivity contribution in [2.75, 3.05) is 5.32 Å². The Morgan fingerprint density at radius 3 is 2.16 bits per heavy atom. The number of anilines is 1. The van der Waals surface area contributed by atoms with Crippen molar-refractivity contribution in [1.29, 1.82) is 0 Å². The Morgan fingerprint density at radius 2 is 1.63 bits per heavy atom. The number of aromatic hydroxyl groups is 2. The van der Waals surface area contributed by atoms with Gasteiger partial charge in [-0.15, -0.1) is 0 Å². The third-order valence-electron chi connectivity index (χ3n) is 2.67. The third kappa shape index (κ3) is 2.74. The van der Waals surface area contributed by atoms with Crippen LogP contribution in [0.2, 0.25) is 0 Å². The molecule has 2 aromatic rings. The number of phenolic OH excluding ortho intramolecular Hbond substituents is 2. The van der Waals surface area contributed by atoms with Crippen molar-refractivity contribution >= 4 is 17.7 Å². The Bertz CT molecular complexity index is 598. The van der Waals surface area contributed by atoms with Crippen molar-refractivity contribution in [2.45, 2.75) is 0 Å². The molecule has 4 heteroatoms. The van der Waals surface area contributed by atoms with Crippen molar-refractivity contribution in [3.8, 4) is 11.5 Å². The lowest BCUT2D eigenvalue weighted by molar-refractivity contribution is 0.102. The average Bonchev–Trinajstić information content (AvgIpc) is 2.43. The fourth-order valence-corrected chi connectivity index (χ4v) is 1.61. The van der Waals surface area contributed by atoms with Crippen LogP contribution in [0.3, 0.4) is 0 Å². The fraction of sp³-hybridized carbons (Fsp3) is 0. The molecule has 0 aromatic heterocycles. The molecule has 2 rings (SSSR count). The van der Waals surface area contributed by atoms with Crippen LogP contribution in [0, 0.1) is 0 Å². The number of benzene rings is 2. The van der Waals surface area contributed by atoms with Crippen LogP contribution in [-0.4, -0.2) is 16.1 Å². The number of para-hydroxylation sites is 1. The largest absolute Gasteiger partial charge is 0.506 e. The molecule has 4 nitrogen and oxygen atoms in total. The minimum atomic E-state index is -0.410. The van der Waals surface area contributed by atoms with Crippen molar-refractivity contribution in [2.24, 2.45) is 0 Å². The molecular formula is C15H13NO3. The van der Waals surface area contributed by atoms with E-state index in [0.29, 0.717) is 5.56 Å². The molecule has 3 N–H and O–H groups in total. The number of rotatable bonds is 3. The summed E-state index contributed by atoms with van der Waals surface area (Å²) in [4.78, 5) is 12.0. The normalized spacial score (nSPS) is 9.89. The lowest BCUT2D eigenvalue weighted by atomic mass is 10.1. The van der Waals surface area contributed by atoms with Crippen LogP contribution in [0.4, 0.5) is 5.69 Å². The van der Waals surface area contributed by atoms with Crippen molar-refractivity contribution in [1.82, 2.24) is 0 Å². The smallest absolute Gasteiger partial charge is 0.255 e. The molecule has 19 heavy (non-hydrogen) atoms. The molecule has 0 unspecified atom stereocenters. The topological polar surface area (TPSA) is 69.6 Å². The highest BCUT2D eigenvalue weighted by atomic mass is 16.3. The highest BCUT2D eigenvalue weighted by molar-refractivity contribution is 6.05. The van der Waals surface area contributed by atoms with Crippen LogP contribution in [0.25, 0.3) is 6.08 Å². The van der Waals surface area contributed by atoms with Gasteiger partial charge >= 0.3 is 0 Å². The summed E-state index contributed by atoms with van der Waals surface area (Å²) in [5.74, 6) is -0.778. The van der Waals surface area contributed by atoms with Crippen LogP contribution >= 0.6 is 0 Å². The van der Waals surface area contributed by atoms with Crippen molar-refractivity contribution in [3.05, 3.63) is 60.2 Å². The van der Waals surface area contributed by atoms with Gasteiger partial charge in [-0.1, -0.05) is 30.9 Å². The maximum absolute atomic E-state index is 12.0. The van der Waals surface area contributed by atoms with Gasteiger partial charge in [0.2, 0.25) is 0 Å². The van der Waals surface area contributed by atoms with Crippen LogP contribution in [0.1, 0.15) is 15.9 Å². The monoisotopic (exact) mass is 255 g/mol.